The molecule has 4 rings (SSSR count). The van der Waals surface area contributed by atoms with Crippen molar-refractivity contribution < 1.29 is 14.3 Å². The summed E-state index contributed by atoms with van der Waals surface area (Å²) in [6.45, 7) is 3.15. The molecule has 3 heterocycles. The van der Waals surface area contributed by atoms with Crippen LogP contribution in [0.2, 0.25) is 0 Å². The Hall–Kier alpha value is -3.15. The Morgan fingerprint density at radius 1 is 1.26 bits per heavy atom. The highest BCUT2D eigenvalue weighted by Gasteiger charge is 2.24. The number of benzene rings is 1. The van der Waals surface area contributed by atoms with Crippen molar-refractivity contribution >= 4 is 22.8 Å². The highest BCUT2D eigenvalue weighted by molar-refractivity contribution is 5.96. The van der Waals surface area contributed by atoms with E-state index in [1.165, 1.54) is 7.11 Å². The van der Waals surface area contributed by atoms with E-state index in [0.29, 0.717) is 25.1 Å². The van der Waals surface area contributed by atoms with E-state index in [9.17, 15) is 9.59 Å². The van der Waals surface area contributed by atoms with Crippen LogP contribution < -0.4 is 0 Å². The van der Waals surface area contributed by atoms with Gasteiger partial charge in [0.05, 0.1) is 19.1 Å². The van der Waals surface area contributed by atoms with Gasteiger partial charge in [-0.2, -0.15) is 0 Å². The standard InChI is InChI=1S/C21H21N3O3/c1-13-3-4-14(11-22-13)9-20(25)24-8-7-19-17(12-24)16-10-15(21(26)27-2)5-6-18(16)23-19/h3-6,10-11,23H,7-9,12H2,1-2H3. The maximum absolute atomic E-state index is 12.8. The lowest BCUT2D eigenvalue weighted by atomic mass is 10.0. The van der Waals surface area contributed by atoms with Crippen LogP contribution >= 0.6 is 0 Å². The summed E-state index contributed by atoms with van der Waals surface area (Å²) in [7, 11) is 1.37. The van der Waals surface area contributed by atoms with Crippen LogP contribution in [0.4, 0.5) is 0 Å². The number of aromatic amines is 1. The zero-order chi connectivity index (χ0) is 19.0. The van der Waals surface area contributed by atoms with Crippen LogP contribution in [0.1, 0.15) is 32.9 Å². The summed E-state index contributed by atoms with van der Waals surface area (Å²) in [5.41, 5.74) is 5.56. The molecule has 1 aliphatic heterocycles. The molecule has 2 aromatic heterocycles. The number of hydrogen-bond acceptors (Lipinski definition) is 4. The quantitative estimate of drug-likeness (QED) is 0.726. The number of fused-ring (bicyclic) bond motifs is 3. The number of carbonyl (C=O) groups excluding carboxylic acids is 2. The predicted octanol–water partition coefficient (Wildman–Crippen LogP) is 2.79. The second kappa shape index (κ2) is 6.87. The van der Waals surface area contributed by atoms with Gasteiger partial charge in [0.25, 0.3) is 0 Å². The summed E-state index contributed by atoms with van der Waals surface area (Å²) in [4.78, 5) is 34.2. The van der Waals surface area contributed by atoms with E-state index in [0.717, 1.165) is 39.8 Å². The van der Waals surface area contributed by atoms with Gasteiger partial charge in [0.15, 0.2) is 0 Å². The first-order chi connectivity index (χ1) is 13.0. The number of aromatic nitrogens is 2. The van der Waals surface area contributed by atoms with Gasteiger partial charge < -0.3 is 14.6 Å². The fourth-order valence-electron chi connectivity index (χ4n) is 3.56. The van der Waals surface area contributed by atoms with E-state index in [2.05, 4.69) is 9.97 Å². The smallest absolute Gasteiger partial charge is 0.337 e. The number of aryl methyl sites for hydroxylation is 1. The minimum Gasteiger partial charge on any atom is -0.465 e. The molecule has 1 aromatic carbocycles. The molecule has 3 aromatic rings. The van der Waals surface area contributed by atoms with Crippen LogP contribution in [-0.2, 0) is 28.9 Å². The fraction of sp³-hybridized carbons (Fsp3) is 0.286. The van der Waals surface area contributed by atoms with Crippen molar-refractivity contribution in [1.29, 1.82) is 0 Å². The molecule has 1 amide bonds. The molecular formula is C21H21N3O3. The Bertz CT molecular complexity index is 1020. The summed E-state index contributed by atoms with van der Waals surface area (Å²) in [5, 5.41) is 0.974. The molecule has 27 heavy (non-hydrogen) atoms. The van der Waals surface area contributed by atoms with E-state index in [-0.39, 0.29) is 11.9 Å². The first-order valence-corrected chi connectivity index (χ1v) is 8.96. The molecule has 6 nitrogen and oxygen atoms in total. The Labute approximate surface area is 157 Å². The number of amides is 1. The second-order valence-corrected chi connectivity index (χ2v) is 6.88. The van der Waals surface area contributed by atoms with Gasteiger partial charge in [0, 0.05) is 53.6 Å². The largest absolute Gasteiger partial charge is 0.465 e. The van der Waals surface area contributed by atoms with Crippen molar-refractivity contribution in [3.05, 3.63) is 64.6 Å². The zero-order valence-electron chi connectivity index (χ0n) is 15.4. The number of rotatable bonds is 3. The summed E-state index contributed by atoms with van der Waals surface area (Å²) < 4.78 is 4.82. The molecule has 0 fully saturated rings. The third-order valence-corrected chi connectivity index (χ3v) is 5.08. The van der Waals surface area contributed by atoms with Gasteiger partial charge in [-0.05, 0) is 36.8 Å². The van der Waals surface area contributed by atoms with E-state index in [1.54, 1.807) is 12.3 Å². The number of hydrogen-bond donors (Lipinski definition) is 1. The normalized spacial score (nSPS) is 13.5. The minimum absolute atomic E-state index is 0.0878. The SMILES string of the molecule is COC(=O)c1ccc2[nH]c3c(c2c1)CN(C(=O)Cc1ccc(C)nc1)CC3. The number of H-pyrrole nitrogens is 1. The van der Waals surface area contributed by atoms with Crippen LogP contribution in [0.3, 0.4) is 0 Å². The average Bonchev–Trinajstić information content (AvgIpc) is 3.06. The second-order valence-electron chi connectivity index (χ2n) is 6.88. The highest BCUT2D eigenvalue weighted by Crippen LogP contribution is 2.29. The van der Waals surface area contributed by atoms with Crippen LogP contribution in [0.5, 0.6) is 0 Å². The Balaban J connectivity index is 1.58. The Morgan fingerprint density at radius 3 is 2.85 bits per heavy atom. The molecule has 0 bridgehead atoms. The predicted molar refractivity (Wildman–Crippen MR) is 101 cm³/mol. The zero-order valence-corrected chi connectivity index (χ0v) is 15.4. The minimum atomic E-state index is -0.359. The molecule has 0 radical (unpaired) electrons. The van der Waals surface area contributed by atoms with Crippen LogP contribution in [0.15, 0.2) is 36.5 Å². The van der Waals surface area contributed by atoms with Crippen LogP contribution in [0, 0.1) is 6.92 Å². The van der Waals surface area contributed by atoms with Gasteiger partial charge >= 0.3 is 5.97 Å². The lowest BCUT2D eigenvalue weighted by molar-refractivity contribution is -0.131. The van der Waals surface area contributed by atoms with Gasteiger partial charge in [0.1, 0.15) is 0 Å². The molecule has 0 unspecified atom stereocenters. The number of nitrogens with zero attached hydrogens (tertiary/aromatic N) is 2. The molecule has 0 aliphatic carbocycles. The van der Waals surface area contributed by atoms with E-state index in [4.69, 9.17) is 4.74 Å². The molecule has 138 valence electrons. The van der Waals surface area contributed by atoms with Gasteiger partial charge in [0.2, 0.25) is 5.91 Å². The number of nitrogens with one attached hydrogen (secondary N) is 1. The maximum atomic E-state index is 12.8. The van der Waals surface area contributed by atoms with E-state index < -0.39 is 0 Å². The number of pyridine rings is 1. The topological polar surface area (TPSA) is 75.3 Å². The van der Waals surface area contributed by atoms with Crippen LogP contribution in [0.25, 0.3) is 10.9 Å². The van der Waals surface area contributed by atoms with Crippen molar-refractivity contribution in [1.82, 2.24) is 14.9 Å². The van der Waals surface area contributed by atoms with Gasteiger partial charge in [-0.15, -0.1) is 0 Å². The van der Waals surface area contributed by atoms with E-state index in [1.807, 2.05) is 36.1 Å². The molecule has 0 saturated heterocycles. The van der Waals surface area contributed by atoms with Gasteiger partial charge in [-0.1, -0.05) is 6.07 Å². The van der Waals surface area contributed by atoms with Crippen molar-refractivity contribution in [3.8, 4) is 0 Å². The highest BCUT2D eigenvalue weighted by atomic mass is 16.5. The molecule has 0 atom stereocenters. The van der Waals surface area contributed by atoms with Crippen LogP contribution in [-0.4, -0.2) is 40.4 Å². The van der Waals surface area contributed by atoms with Gasteiger partial charge in [-0.3, -0.25) is 9.78 Å². The Morgan fingerprint density at radius 2 is 2.11 bits per heavy atom. The maximum Gasteiger partial charge on any atom is 0.337 e. The fourth-order valence-corrected chi connectivity index (χ4v) is 3.56. The van der Waals surface area contributed by atoms with E-state index >= 15 is 0 Å². The molecule has 6 heteroatoms. The first-order valence-electron chi connectivity index (χ1n) is 8.96. The molecule has 1 N–H and O–H groups in total. The van der Waals surface area contributed by atoms with Crippen molar-refractivity contribution in [2.45, 2.75) is 26.3 Å². The lowest BCUT2D eigenvalue weighted by Gasteiger charge is -2.27. The lowest BCUT2D eigenvalue weighted by Crippen LogP contribution is -2.36. The Kier molecular flexibility index (Phi) is 4.39. The summed E-state index contributed by atoms with van der Waals surface area (Å²) in [6, 6.07) is 9.36. The molecule has 0 saturated carbocycles. The third kappa shape index (κ3) is 3.30. The van der Waals surface area contributed by atoms with Crippen molar-refractivity contribution in [2.75, 3.05) is 13.7 Å². The monoisotopic (exact) mass is 363 g/mol. The summed E-state index contributed by atoms with van der Waals surface area (Å²) in [6.07, 6.45) is 2.88. The average molecular weight is 363 g/mol. The summed E-state index contributed by atoms with van der Waals surface area (Å²) in [5.74, 6) is -0.271. The number of methoxy groups -OCH3 is 1. The molecule has 1 aliphatic rings. The third-order valence-electron chi connectivity index (χ3n) is 5.08. The molecular weight excluding hydrogens is 342 g/mol. The van der Waals surface area contributed by atoms with Gasteiger partial charge in [-0.25, -0.2) is 4.79 Å². The number of carbonyl (C=O) groups is 2. The van der Waals surface area contributed by atoms with Crippen molar-refractivity contribution in [2.24, 2.45) is 0 Å². The number of ether oxygens (including phenoxy) is 1. The molecule has 0 spiro atoms. The van der Waals surface area contributed by atoms with Crippen molar-refractivity contribution in [3.63, 3.8) is 0 Å². The summed E-state index contributed by atoms with van der Waals surface area (Å²) >= 11 is 0. The first kappa shape index (κ1) is 17.3. The number of esters is 1.